The number of halogens is 3. The van der Waals surface area contributed by atoms with E-state index in [1.54, 1.807) is 13.1 Å². The van der Waals surface area contributed by atoms with E-state index >= 15 is 0 Å². The summed E-state index contributed by atoms with van der Waals surface area (Å²) in [6.07, 6.45) is 0.129. The van der Waals surface area contributed by atoms with Crippen molar-refractivity contribution in [1.29, 1.82) is 0 Å². The van der Waals surface area contributed by atoms with Crippen molar-refractivity contribution < 1.29 is 18.0 Å². The van der Waals surface area contributed by atoms with E-state index < -0.39 is 17.6 Å². The zero-order valence-corrected chi connectivity index (χ0v) is 19.0. The van der Waals surface area contributed by atoms with Gasteiger partial charge >= 0.3 is 6.18 Å². The Balaban J connectivity index is 1.50. The Labute approximate surface area is 199 Å². The molecule has 1 saturated heterocycles. The molecule has 0 saturated carbocycles. The summed E-state index contributed by atoms with van der Waals surface area (Å²) in [5.41, 5.74) is 1.82. The molecule has 35 heavy (non-hydrogen) atoms. The van der Waals surface area contributed by atoms with Crippen molar-refractivity contribution in [3.8, 4) is 5.69 Å². The van der Waals surface area contributed by atoms with Crippen molar-refractivity contribution in [2.45, 2.75) is 32.4 Å². The lowest BCUT2D eigenvalue weighted by atomic mass is 10.1. The number of carbonyl (C=O) groups is 1. The second-order valence-corrected chi connectivity index (χ2v) is 8.51. The molecule has 1 aliphatic rings. The molecule has 0 atom stereocenters. The molecule has 2 aromatic carbocycles. The highest BCUT2D eigenvalue weighted by Crippen LogP contribution is 2.36. The van der Waals surface area contributed by atoms with Crippen LogP contribution in [0.5, 0.6) is 0 Å². The van der Waals surface area contributed by atoms with Crippen LogP contribution in [-0.4, -0.2) is 39.0 Å². The number of alkyl halides is 3. The van der Waals surface area contributed by atoms with Gasteiger partial charge in [0.15, 0.2) is 5.69 Å². The maximum atomic E-state index is 13.4. The van der Waals surface area contributed by atoms with Crippen LogP contribution in [0, 0.1) is 6.92 Å². The lowest BCUT2D eigenvalue weighted by Gasteiger charge is -2.31. The number of nitrogens with one attached hydrogen (secondary N) is 1. The number of nitrogens with zero attached hydrogens (tertiary/aromatic N) is 5. The van der Waals surface area contributed by atoms with Crippen LogP contribution in [0.2, 0.25) is 0 Å². The molecule has 7 nitrogen and oxygen atoms in total. The van der Waals surface area contributed by atoms with Crippen molar-refractivity contribution in [1.82, 2.24) is 20.0 Å². The fraction of sp³-hybridized carbons (Fsp3) is 0.280. The van der Waals surface area contributed by atoms with Crippen LogP contribution in [-0.2, 0) is 6.18 Å². The topological polar surface area (TPSA) is 75.9 Å². The average Bonchev–Trinajstić information content (AvgIpc) is 3.24. The first-order valence-electron chi connectivity index (χ1n) is 11.4. The van der Waals surface area contributed by atoms with Gasteiger partial charge in [-0.1, -0.05) is 11.3 Å². The Morgan fingerprint density at radius 1 is 1.00 bits per heavy atom. The van der Waals surface area contributed by atoms with Gasteiger partial charge in [-0.05, 0) is 68.7 Å². The smallest absolute Gasteiger partial charge is 0.370 e. The van der Waals surface area contributed by atoms with Crippen LogP contribution in [0.15, 0.2) is 54.7 Å². The van der Waals surface area contributed by atoms with Gasteiger partial charge in [0.1, 0.15) is 0 Å². The summed E-state index contributed by atoms with van der Waals surface area (Å²) < 4.78 is 41.8. The zero-order valence-electron chi connectivity index (χ0n) is 19.0. The number of hydrogen-bond donors (Lipinski definition) is 1. The molecule has 1 aliphatic heterocycles. The minimum Gasteiger partial charge on any atom is -0.370 e. The monoisotopic (exact) mass is 480 g/mol. The minimum absolute atomic E-state index is 0.0351. The summed E-state index contributed by atoms with van der Waals surface area (Å²) in [5.74, 6) is -0.621. The Morgan fingerprint density at radius 3 is 2.57 bits per heavy atom. The molecule has 0 unspecified atom stereocenters. The molecule has 3 heterocycles. The number of aromatic nitrogens is 4. The maximum absolute atomic E-state index is 13.4. The van der Waals surface area contributed by atoms with E-state index in [-0.39, 0.29) is 11.4 Å². The van der Waals surface area contributed by atoms with Gasteiger partial charge < -0.3 is 10.2 Å². The second kappa shape index (κ2) is 9.01. The number of benzene rings is 2. The third kappa shape index (κ3) is 4.43. The molecule has 0 aliphatic carbocycles. The SMILES string of the molecule is Cc1c(C(=O)Nc2cc(C(F)(F)F)ccc2N2CCCCC2)nnn1-c1cccc2ncccc12. The van der Waals surface area contributed by atoms with E-state index in [1.165, 1.54) is 10.7 Å². The van der Waals surface area contributed by atoms with Crippen molar-refractivity contribution in [2.75, 3.05) is 23.3 Å². The largest absolute Gasteiger partial charge is 0.416 e. The molecule has 0 radical (unpaired) electrons. The van der Waals surface area contributed by atoms with E-state index in [2.05, 4.69) is 20.6 Å². The number of hydrogen-bond acceptors (Lipinski definition) is 5. The third-order valence-corrected chi connectivity index (χ3v) is 6.23. The number of anilines is 2. The summed E-state index contributed by atoms with van der Waals surface area (Å²) in [6, 6.07) is 12.7. The van der Waals surface area contributed by atoms with Gasteiger partial charge in [-0.15, -0.1) is 5.10 Å². The normalized spacial score (nSPS) is 14.3. The molecular formula is C25H23F3N6O. The van der Waals surface area contributed by atoms with E-state index in [4.69, 9.17) is 0 Å². The van der Waals surface area contributed by atoms with Crippen molar-refractivity contribution in [3.05, 3.63) is 71.7 Å². The summed E-state index contributed by atoms with van der Waals surface area (Å²) in [4.78, 5) is 19.5. The molecule has 5 rings (SSSR count). The number of piperidine rings is 1. The highest BCUT2D eigenvalue weighted by molar-refractivity contribution is 6.05. The Bertz CT molecular complexity index is 1390. The van der Waals surface area contributed by atoms with Gasteiger partial charge in [0.05, 0.1) is 33.8 Å². The number of carbonyl (C=O) groups excluding carboxylic acids is 1. The van der Waals surface area contributed by atoms with Gasteiger partial charge in [0.25, 0.3) is 5.91 Å². The second-order valence-electron chi connectivity index (χ2n) is 8.51. The fourth-order valence-corrected chi connectivity index (χ4v) is 4.44. The fourth-order valence-electron chi connectivity index (χ4n) is 4.44. The molecule has 1 amide bonds. The number of fused-ring (bicyclic) bond motifs is 1. The van der Waals surface area contributed by atoms with Crippen LogP contribution in [0.3, 0.4) is 0 Å². The Kier molecular flexibility index (Phi) is 5.88. The lowest BCUT2D eigenvalue weighted by molar-refractivity contribution is -0.137. The third-order valence-electron chi connectivity index (χ3n) is 6.23. The van der Waals surface area contributed by atoms with Gasteiger partial charge in [-0.25, -0.2) is 4.68 Å². The molecule has 10 heteroatoms. The van der Waals surface area contributed by atoms with Gasteiger partial charge in [0.2, 0.25) is 0 Å². The highest BCUT2D eigenvalue weighted by atomic mass is 19.4. The van der Waals surface area contributed by atoms with E-state index in [1.807, 2.05) is 35.2 Å². The molecule has 0 spiro atoms. The molecule has 2 aromatic heterocycles. The highest BCUT2D eigenvalue weighted by Gasteiger charge is 2.32. The maximum Gasteiger partial charge on any atom is 0.416 e. The predicted octanol–water partition coefficient (Wildman–Crippen LogP) is 5.39. The van der Waals surface area contributed by atoms with Crippen LogP contribution in [0.4, 0.5) is 24.5 Å². The summed E-state index contributed by atoms with van der Waals surface area (Å²) in [6.45, 7) is 3.14. The summed E-state index contributed by atoms with van der Waals surface area (Å²) in [5, 5.41) is 11.7. The Hall–Kier alpha value is -3.95. The standard InChI is InChI=1S/C25H23F3N6O/c1-16-23(31-32-34(16)21-9-5-8-19-18(21)7-6-12-29-19)24(35)30-20-15-17(25(26,27)28)10-11-22(20)33-13-3-2-4-14-33/h5-12,15H,2-4,13-14H2,1H3,(H,30,35). The van der Waals surface area contributed by atoms with Crippen molar-refractivity contribution in [3.63, 3.8) is 0 Å². The molecule has 180 valence electrons. The molecule has 0 bridgehead atoms. The minimum atomic E-state index is -4.53. The molecule has 1 fully saturated rings. The van der Waals surface area contributed by atoms with Gasteiger partial charge in [-0.3, -0.25) is 9.78 Å². The number of amides is 1. The van der Waals surface area contributed by atoms with Crippen molar-refractivity contribution >= 4 is 28.2 Å². The predicted molar refractivity (Wildman–Crippen MR) is 127 cm³/mol. The van der Waals surface area contributed by atoms with Gasteiger partial charge in [-0.2, -0.15) is 13.2 Å². The quantitative estimate of drug-likeness (QED) is 0.424. The average molecular weight is 480 g/mol. The first-order valence-corrected chi connectivity index (χ1v) is 11.4. The van der Waals surface area contributed by atoms with Crippen LogP contribution >= 0.6 is 0 Å². The van der Waals surface area contributed by atoms with E-state index in [0.29, 0.717) is 17.1 Å². The van der Waals surface area contributed by atoms with Crippen LogP contribution < -0.4 is 10.2 Å². The van der Waals surface area contributed by atoms with Crippen molar-refractivity contribution in [2.24, 2.45) is 0 Å². The first-order chi connectivity index (χ1) is 16.8. The van der Waals surface area contributed by atoms with Gasteiger partial charge in [0, 0.05) is 24.7 Å². The van der Waals surface area contributed by atoms with E-state index in [0.717, 1.165) is 55.4 Å². The number of pyridine rings is 1. The summed E-state index contributed by atoms with van der Waals surface area (Å²) in [7, 11) is 0. The van der Waals surface area contributed by atoms with E-state index in [9.17, 15) is 18.0 Å². The molecule has 4 aromatic rings. The van der Waals surface area contributed by atoms with Crippen LogP contribution in [0.25, 0.3) is 16.6 Å². The van der Waals surface area contributed by atoms with Crippen LogP contribution in [0.1, 0.15) is 41.0 Å². The zero-order chi connectivity index (χ0) is 24.6. The Morgan fingerprint density at radius 2 is 1.80 bits per heavy atom. The molecular weight excluding hydrogens is 457 g/mol. The first kappa shape index (κ1) is 22.8. The summed E-state index contributed by atoms with van der Waals surface area (Å²) >= 11 is 0. The molecule has 1 N–H and O–H groups in total. The lowest BCUT2D eigenvalue weighted by Crippen LogP contribution is -2.30. The number of rotatable bonds is 4.